The van der Waals surface area contributed by atoms with Crippen molar-refractivity contribution in [3.63, 3.8) is 0 Å². The molecular weight excluding hydrogens is 700 g/mol. The average Bonchev–Trinajstić information content (AvgIpc) is 3.13. The molecule has 0 bridgehead atoms. The van der Waals surface area contributed by atoms with Crippen LogP contribution in [0.3, 0.4) is 0 Å². The van der Waals surface area contributed by atoms with E-state index in [9.17, 15) is 35.4 Å². The van der Waals surface area contributed by atoms with Crippen LogP contribution in [0.1, 0.15) is 97.3 Å². The SMILES string of the molecule is CCNC(COC1CC(C2OC(CCC3CCC(O)C(OCNCC(C)O)C3)CC(O)C2CCO)CC(OC)C1O)C(CC(=O)O)CC1CCNC(N)C1. The highest BCUT2D eigenvalue weighted by Crippen LogP contribution is 2.42. The summed E-state index contributed by atoms with van der Waals surface area (Å²) in [6.07, 6.45) is 3.57. The quantitative estimate of drug-likeness (QED) is 0.0538. The highest BCUT2D eigenvalue weighted by molar-refractivity contribution is 5.67. The molecule has 4 fully saturated rings. The van der Waals surface area contributed by atoms with Crippen molar-refractivity contribution in [1.29, 1.82) is 0 Å². The van der Waals surface area contributed by atoms with Crippen LogP contribution in [-0.4, -0.2) is 150 Å². The van der Waals surface area contributed by atoms with Gasteiger partial charge in [-0.15, -0.1) is 0 Å². The lowest BCUT2D eigenvalue weighted by Crippen LogP contribution is -2.55. The zero-order valence-electron chi connectivity index (χ0n) is 33.0. The summed E-state index contributed by atoms with van der Waals surface area (Å²) in [6, 6.07) is -0.239. The van der Waals surface area contributed by atoms with Crippen LogP contribution in [-0.2, 0) is 23.7 Å². The molecule has 11 N–H and O–H groups in total. The summed E-state index contributed by atoms with van der Waals surface area (Å²) in [7, 11) is 1.58. The second kappa shape index (κ2) is 23.4. The van der Waals surface area contributed by atoms with Crippen molar-refractivity contribution >= 4 is 5.97 Å². The number of likely N-dealkylation sites (N-methyl/N-ethyl adjacent to an activating group) is 1. The molecule has 2 aliphatic carbocycles. The number of aliphatic carboxylic acids is 1. The first-order chi connectivity index (χ1) is 25.9. The number of hydrogen-bond donors (Lipinski definition) is 10. The van der Waals surface area contributed by atoms with Gasteiger partial charge in [-0.3, -0.25) is 10.1 Å². The molecule has 316 valence electrons. The van der Waals surface area contributed by atoms with E-state index in [4.69, 9.17) is 24.7 Å². The molecule has 2 saturated heterocycles. The van der Waals surface area contributed by atoms with Gasteiger partial charge in [-0.25, -0.2) is 0 Å². The third kappa shape index (κ3) is 14.1. The molecule has 2 saturated carbocycles. The largest absolute Gasteiger partial charge is 0.481 e. The van der Waals surface area contributed by atoms with Gasteiger partial charge >= 0.3 is 5.97 Å². The number of piperidine rings is 1. The number of methoxy groups -OCH3 is 1. The van der Waals surface area contributed by atoms with Crippen LogP contribution in [0.25, 0.3) is 0 Å². The Kier molecular flexibility index (Phi) is 19.8. The van der Waals surface area contributed by atoms with Crippen molar-refractivity contribution in [1.82, 2.24) is 16.0 Å². The molecule has 0 aromatic rings. The lowest BCUT2D eigenvalue weighted by atomic mass is 9.72. The van der Waals surface area contributed by atoms with Gasteiger partial charge in [0, 0.05) is 38.6 Å². The molecule has 4 rings (SSSR count). The van der Waals surface area contributed by atoms with Gasteiger partial charge in [-0.1, -0.05) is 6.92 Å². The Hall–Kier alpha value is -1.05. The van der Waals surface area contributed by atoms with E-state index in [1.807, 2.05) is 6.92 Å². The maximum absolute atomic E-state index is 12.0. The maximum Gasteiger partial charge on any atom is 0.303 e. The number of aliphatic hydroxyl groups excluding tert-OH is 5. The monoisotopic (exact) mass is 775 g/mol. The number of carboxylic acid groups (broad SMARTS) is 1. The van der Waals surface area contributed by atoms with Crippen LogP contribution in [0, 0.1) is 29.6 Å². The van der Waals surface area contributed by atoms with Crippen LogP contribution in [0.2, 0.25) is 0 Å². The zero-order valence-corrected chi connectivity index (χ0v) is 33.0. The van der Waals surface area contributed by atoms with Gasteiger partial charge < -0.3 is 66.0 Å². The Balaban J connectivity index is 1.40. The van der Waals surface area contributed by atoms with Crippen molar-refractivity contribution in [2.24, 2.45) is 35.3 Å². The van der Waals surface area contributed by atoms with Crippen molar-refractivity contribution < 1.29 is 54.4 Å². The number of carbonyl (C=O) groups is 1. The minimum Gasteiger partial charge on any atom is -0.481 e. The number of ether oxygens (including phenoxy) is 4. The van der Waals surface area contributed by atoms with Gasteiger partial charge in [0.05, 0.1) is 68.3 Å². The van der Waals surface area contributed by atoms with Gasteiger partial charge in [-0.05, 0) is 121 Å². The Morgan fingerprint density at radius 1 is 0.963 bits per heavy atom. The zero-order chi connectivity index (χ0) is 39.2. The standard InChI is InChI=1S/C39H74N4O11/c1-4-42-30(26(18-37(48)49)13-25-9-11-43-36(40)15-25)21-52-35-17-27(16-34(51-3)38(35)50)39-29(10-12-44)32(47)19-28(54-39)7-5-24-6-8-31(46)33(14-24)53-22-41-20-23(2)45/h23-36,38-39,41-47,50H,4-22,40H2,1-3H3,(H,48,49). The molecule has 0 aromatic carbocycles. The van der Waals surface area contributed by atoms with Crippen LogP contribution in [0.15, 0.2) is 0 Å². The number of hydrogen-bond acceptors (Lipinski definition) is 14. The van der Waals surface area contributed by atoms with Crippen molar-refractivity contribution in [3.05, 3.63) is 0 Å². The molecule has 54 heavy (non-hydrogen) atoms. The third-order valence-corrected chi connectivity index (χ3v) is 12.6. The third-order valence-electron chi connectivity index (χ3n) is 12.6. The number of nitrogens with two attached hydrogens (primary N) is 1. The molecule has 16 atom stereocenters. The van der Waals surface area contributed by atoms with E-state index in [-0.39, 0.29) is 74.6 Å². The second-order valence-corrected chi connectivity index (χ2v) is 16.8. The van der Waals surface area contributed by atoms with E-state index in [1.165, 1.54) is 0 Å². The first-order valence-corrected chi connectivity index (χ1v) is 20.8. The molecule has 15 heteroatoms. The molecule has 2 heterocycles. The molecule has 4 aliphatic rings. The van der Waals surface area contributed by atoms with E-state index >= 15 is 0 Å². The fraction of sp³-hybridized carbons (Fsp3) is 0.974. The molecule has 2 aliphatic heterocycles. The van der Waals surface area contributed by atoms with Crippen LogP contribution >= 0.6 is 0 Å². The average molecular weight is 775 g/mol. The molecule has 0 amide bonds. The van der Waals surface area contributed by atoms with Crippen molar-refractivity contribution in [2.45, 2.75) is 164 Å². The molecule has 15 nitrogen and oxygen atoms in total. The lowest BCUT2D eigenvalue weighted by molar-refractivity contribution is -0.199. The summed E-state index contributed by atoms with van der Waals surface area (Å²) >= 11 is 0. The van der Waals surface area contributed by atoms with Crippen molar-refractivity contribution in [3.8, 4) is 0 Å². The second-order valence-electron chi connectivity index (χ2n) is 16.8. The summed E-state index contributed by atoms with van der Waals surface area (Å²) in [4.78, 5) is 12.0. The number of carboxylic acids is 1. The molecule has 0 radical (unpaired) electrons. The molecule has 0 aromatic heterocycles. The van der Waals surface area contributed by atoms with Crippen LogP contribution < -0.4 is 21.7 Å². The lowest BCUT2D eigenvalue weighted by Gasteiger charge is -2.48. The van der Waals surface area contributed by atoms with E-state index in [2.05, 4.69) is 16.0 Å². The van der Waals surface area contributed by atoms with E-state index in [1.54, 1.807) is 14.0 Å². The minimum absolute atomic E-state index is 0.00502. The van der Waals surface area contributed by atoms with Gasteiger partial charge in [0.2, 0.25) is 0 Å². The first-order valence-electron chi connectivity index (χ1n) is 20.8. The maximum atomic E-state index is 12.0. The minimum atomic E-state index is -0.895. The normalized spacial score (nSPS) is 38.1. The number of rotatable bonds is 22. The van der Waals surface area contributed by atoms with Gasteiger partial charge in [-0.2, -0.15) is 0 Å². The van der Waals surface area contributed by atoms with Crippen molar-refractivity contribution in [2.75, 3.05) is 46.7 Å². The molecule has 0 spiro atoms. The molecule has 16 unspecified atom stereocenters. The highest BCUT2D eigenvalue weighted by atomic mass is 16.5. The van der Waals surface area contributed by atoms with Gasteiger partial charge in [0.15, 0.2) is 0 Å². The number of aliphatic hydroxyl groups is 5. The summed E-state index contributed by atoms with van der Waals surface area (Å²) in [5, 5.41) is 72.6. The summed E-state index contributed by atoms with van der Waals surface area (Å²) in [5.41, 5.74) is 6.17. The summed E-state index contributed by atoms with van der Waals surface area (Å²) < 4.78 is 25.1. The van der Waals surface area contributed by atoms with Crippen LogP contribution in [0.5, 0.6) is 0 Å². The van der Waals surface area contributed by atoms with E-state index < -0.39 is 42.6 Å². The number of nitrogens with one attached hydrogen (secondary N) is 3. The fourth-order valence-electron chi connectivity index (χ4n) is 9.71. The summed E-state index contributed by atoms with van der Waals surface area (Å²) in [5.74, 6) is -0.786. The van der Waals surface area contributed by atoms with E-state index in [0.29, 0.717) is 63.5 Å². The Morgan fingerprint density at radius 2 is 1.74 bits per heavy atom. The van der Waals surface area contributed by atoms with Gasteiger partial charge in [0.25, 0.3) is 0 Å². The smallest absolute Gasteiger partial charge is 0.303 e. The highest BCUT2D eigenvalue weighted by Gasteiger charge is 2.47. The predicted molar refractivity (Wildman–Crippen MR) is 202 cm³/mol. The Morgan fingerprint density at radius 3 is 2.43 bits per heavy atom. The fourth-order valence-corrected chi connectivity index (χ4v) is 9.71. The topological polar surface area (TPSA) is 237 Å². The predicted octanol–water partition coefficient (Wildman–Crippen LogP) is 0.672. The first kappa shape index (κ1) is 45.6. The van der Waals surface area contributed by atoms with E-state index in [0.717, 1.165) is 45.1 Å². The molecular formula is C39H74N4O11. The Labute approximate surface area is 322 Å². The van der Waals surface area contributed by atoms with Crippen LogP contribution in [0.4, 0.5) is 0 Å². The summed E-state index contributed by atoms with van der Waals surface area (Å²) in [6.45, 7) is 5.97. The Bertz CT molecular complexity index is 1060. The van der Waals surface area contributed by atoms with Gasteiger partial charge in [0.1, 0.15) is 6.10 Å².